The summed E-state index contributed by atoms with van der Waals surface area (Å²) in [6, 6.07) is 30.1. The molecule has 0 radical (unpaired) electrons. The highest BCUT2D eigenvalue weighted by Gasteiger charge is 2.40. The Morgan fingerprint density at radius 3 is 1.55 bits per heavy atom. The van der Waals surface area contributed by atoms with Gasteiger partial charge in [0.15, 0.2) is 0 Å². The molecule has 148 valence electrons. The van der Waals surface area contributed by atoms with Crippen LogP contribution in [0, 0.1) is 10.1 Å². The van der Waals surface area contributed by atoms with E-state index >= 15 is 0 Å². The van der Waals surface area contributed by atoms with E-state index in [0.717, 1.165) is 11.1 Å². The lowest BCUT2D eigenvalue weighted by atomic mass is 10.0. The van der Waals surface area contributed by atoms with Crippen LogP contribution < -0.4 is 0 Å². The molecule has 0 N–H and O–H groups in total. The van der Waals surface area contributed by atoms with E-state index in [1.54, 1.807) is 0 Å². The minimum Gasteiger partial charge on any atom is -0.273 e. The lowest BCUT2D eigenvalue weighted by Gasteiger charge is -2.45. The third kappa shape index (κ3) is 4.70. The first-order valence-electron chi connectivity index (χ1n) is 9.95. The van der Waals surface area contributed by atoms with Gasteiger partial charge in [-0.3, -0.25) is 19.9 Å². The summed E-state index contributed by atoms with van der Waals surface area (Å²) in [6.07, 6.45) is -0.00666. The van der Waals surface area contributed by atoms with E-state index in [4.69, 9.17) is 0 Å². The van der Waals surface area contributed by atoms with E-state index in [-0.39, 0.29) is 11.1 Å². The van der Waals surface area contributed by atoms with Crippen LogP contribution in [0.3, 0.4) is 0 Å². The summed E-state index contributed by atoms with van der Waals surface area (Å²) in [4.78, 5) is 16.1. The van der Waals surface area contributed by atoms with Crippen molar-refractivity contribution in [2.45, 2.75) is 25.3 Å². The maximum absolute atomic E-state index is 11.7. The van der Waals surface area contributed by atoms with E-state index in [9.17, 15) is 10.1 Å². The second-order valence-electron chi connectivity index (χ2n) is 7.55. The quantitative estimate of drug-likeness (QED) is 0.466. The van der Waals surface area contributed by atoms with Crippen molar-refractivity contribution in [1.29, 1.82) is 0 Å². The Kier molecular flexibility index (Phi) is 5.98. The molecule has 0 atom stereocenters. The molecule has 0 aromatic heterocycles. The van der Waals surface area contributed by atoms with Gasteiger partial charge in [-0.05, 0) is 16.7 Å². The molecular weight excluding hydrogens is 362 g/mol. The lowest BCUT2D eigenvalue weighted by Crippen LogP contribution is -2.55. The molecule has 1 saturated heterocycles. The van der Waals surface area contributed by atoms with Crippen molar-refractivity contribution >= 4 is 0 Å². The summed E-state index contributed by atoms with van der Waals surface area (Å²) in [5.41, 5.74) is 3.50. The van der Waals surface area contributed by atoms with Crippen LogP contribution in [-0.4, -0.2) is 33.9 Å². The third-order valence-electron chi connectivity index (χ3n) is 5.44. The Morgan fingerprint density at radius 2 is 1.14 bits per heavy atom. The molecule has 0 aliphatic carbocycles. The lowest BCUT2D eigenvalue weighted by molar-refractivity contribution is -0.529. The smallest absolute Gasteiger partial charge is 0.238 e. The zero-order chi connectivity index (χ0) is 20.1. The molecule has 4 rings (SSSR count). The average Bonchev–Trinajstić information content (AvgIpc) is 2.75. The molecule has 0 spiro atoms. The van der Waals surface area contributed by atoms with Crippen LogP contribution >= 0.6 is 0 Å². The number of nitro groups is 1. The maximum atomic E-state index is 11.7. The largest absolute Gasteiger partial charge is 0.273 e. The molecular formula is C24H25N3O2. The van der Waals surface area contributed by atoms with E-state index in [0.29, 0.717) is 26.2 Å². The molecule has 0 saturated carbocycles. The fourth-order valence-electron chi connectivity index (χ4n) is 4.15. The molecule has 1 aliphatic heterocycles. The SMILES string of the molecule is O=[N+]([O-])C1CN(Cc2ccccc2)C(c2ccccc2)N(Cc2ccccc2)C1. The maximum Gasteiger partial charge on any atom is 0.238 e. The fraction of sp³-hybridized carbons (Fsp3) is 0.250. The molecule has 1 heterocycles. The minimum absolute atomic E-state index is 0.00666. The number of hydrogen-bond donors (Lipinski definition) is 0. The van der Waals surface area contributed by atoms with Crippen molar-refractivity contribution in [3.8, 4) is 0 Å². The zero-order valence-corrected chi connectivity index (χ0v) is 16.3. The first-order chi connectivity index (χ1) is 14.2. The van der Waals surface area contributed by atoms with Crippen molar-refractivity contribution < 1.29 is 4.92 Å². The molecule has 0 unspecified atom stereocenters. The molecule has 3 aromatic rings. The molecule has 5 nitrogen and oxygen atoms in total. The molecule has 1 aliphatic rings. The second kappa shape index (κ2) is 8.99. The Balaban J connectivity index is 1.70. The zero-order valence-electron chi connectivity index (χ0n) is 16.3. The van der Waals surface area contributed by atoms with Gasteiger partial charge in [0.2, 0.25) is 6.04 Å². The highest BCUT2D eigenvalue weighted by molar-refractivity contribution is 5.22. The molecule has 29 heavy (non-hydrogen) atoms. The van der Waals surface area contributed by atoms with E-state index in [1.165, 1.54) is 5.56 Å². The number of hydrogen-bond acceptors (Lipinski definition) is 4. The van der Waals surface area contributed by atoms with Gasteiger partial charge in [0, 0.05) is 18.0 Å². The van der Waals surface area contributed by atoms with Gasteiger partial charge in [-0.1, -0.05) is 91.0 Å². The molecule has 0 bridgehead atoms. The summed E-state index contributed by atoms with van der Waals surface area (Å²) in [6.45, 7) is 2.23. The Hall–Kier alpha value is -3.02. The molecule has 5 heteroatoms. The van der Waals surface area contributed by atoms with Crippen molar-refractivity contribution in [2.24, 2.45) is 0 Å². The summed E-state index contributed by atoms with van der Waals surface area (Å²) >= 11 is 0. The topological polar surface area (TPSA) is 49.6 Å². The first kappa shape index (κ1) is 19.3. The molecule has 0 amide bonds. The van der Waals surface area contributed by atoms with E-state index in [2.05, 4.69) is 46.2 Å². The van der Waals surface area contributed by atoms with Gasteiger partial charge >= 0.3 is 0 Å². The van der Waals surface area contributed by atoms with Crippen LogP contribution in [0.4, 0.5) is 0 Å². The van der Waals surface area contributed by atoms with Crippen molar-refractivity contribution in [1.82, 2.24) is 9.80 Å². The van der Waals surface area contributed by atoms with Gasteiger partial charge in [0.25, 0.3) is 0 Å². The predicted octanol–water partition coefficient (Wildman–Crippen LogP) is 4.35. The first-order valence-corrected chi connectivity index (χ1v) is 9.95. The van der Waals surface area contributed by atoms with E-state index < -0.39 is 6.04 Å². The summed E-state index contributed by atoms with van der Waals surface area (Å²) < 4.78 is 0. The van der Waals surface area contributed by atoms with Gasteiger partial charge in [-0.2, -0.15) is 0 Å². The number of nitrogens with zero attached hydrogens (tertiary/aromatic N) is 3. The minimum atomic E-state index is -0.609. The van der Waals surface area contributed by atoms with Crippen LogP contribution in [0.1, 0.15) is 22.9 Å². The van der Waals surface area contributed by atoms with Crippen LogP contribution in [0.5, 0.6) is 0 Å². The Morgan fingerprint density at radius 1 is 0.724 bits per heavy atom. The number of benzene rings is 3. The average molecular weight is 387 g/mol. The summed E-state index contributed by atoms with van der Waals surface area (Å²) in [5.74, 6) is 0. The van der Waals surface area contributed by atoms with Gasteiger partial charge in [0.05, 0.1) is 19.3 Å². The fourth-order valence-corrected chi connectivity index (χ4v) is 4.15. The van der Waals surface area contributed by atoms with Crippen molar-refractivity contribution in [2.75, 3.05) is 13.1 Å². The van der Waals surface area contributed by atoms with Crippen LogP contribution in [-0.2, 0) is 13.1 Å². The van der Waals surface area contributed by atoms with Crippen LogP contribution in [0.25, 0.3) is 0 Å². The Bertz CT molecular complexity index is 867. The van der Waals surface area contributed by atoms with Crippen molar-refractivity contribution in [3.05, 3.63) is 118 Å². The van der Waals surface area contributed by atoms with Gasteiger partial charge < -0.3 is 0 Å². The summed E-state index contributed by atoms with van der Waals surface area (Å²) in [7, 11) is 0. The Labute approximate surface area is 171 Å². The van der Waals surface area contributed by atoms with Gasteiger partial charge in [0.1, 0.15) is 0 Å². The summed E-state index contributed by atoms with van der Waals surface area (Å²) in [5, 5.41) is 11.7. The van der Waals surface area contributed by atoms with Crippen LogP contribution in [0.15, 0.2) is 91.0 Å². The normalized spacial score (nSPS) is 20.4. The van der Waals surface area contributed by atoms with Crippen LogP contribution in [0.2, 0.25) is 0 Å². The standard InChI is InChI=1S/C24H25N3O2/c28-27(29)23-18-25(16-20-10-4-1-5-11-20)24(22-14-8-3-9-15-22)26(19-23)17-21-12-6-2-7-13-21/h1-15,23-24H,16-19H2. The van der Waals surface area contributed by atoms with Crippen molar-refractivity contribution in [3.63, 3.8) is 0 Å². The van der Waals surface area contributed by atoms with Gasteiger partial charge in [-0.15, -0.1) is 0 Å². The van der Waals surface area contributed by atoms with Gasteiger partial charge in [-0.25, -0.2) is 0 Å². The third-order valence-corrected chi connectivity index (χ3v) is 5.44. The molecule has 3 aromatic carbocycles. The predicted molar refractivity (Wildman–Crippen MR) is 114 cm³/mol. The monoisotopic (exact) mass is 387 g/mol. The molecule has 1 fully saturated rings. The highest BCUT2D eigenvalue weighted by Crippen LogP contribution is 2.32. The van der Waals surface area contributed by atoms with E-state index in [1.807, 2.05) is 54.6 Å². The number of rotatable bonds is 6. The highest BCUT2D eigenvalue weighted by atomic mass is 16.6. The second-order valence-corrected chi connectivity index (χ2v) is 7.55.